The Bertz CT molecular complexity index is 1100. The minimum atomic E-state index is -3.80. The molecule has 0 saturated carbocycles. The number of pyridine rings is 2. The Labute approximate surface area is 155 Å². The predicted molar refractivity (Wildman–Crippen MR) is 95.3 cm³/mol. The van der Waals surface area contributed by atoms with Crippen molar-refractivity contribution in [1.29, 1.82) is 0 Å². The first kappa shape index (κ1) is 17.6. The monoisotopic (exact) mass is 387 g/mol. The van der Waals surface area contributed by atoms with Crippen LogP contribution in [0.4, 0.5) is 0 Å². The molecule has 27 heavy (non-hydrogen) atoms. The van der Waals surface area contributed by atoms with Crippen molar-refractivity contribution in [2.45, 2.75) is 24.3 Å². The van der Waals surface area contributed by atoms with Gasteiger partial charge in [-0.2, -0.15) is 9.29 Å². The lowest BCUT2D eigenvalue weighted by Crippen LogP contribution is -2.34. The Morgan fingerprint density at radius 1 is 1.11 bits per heavy atom. The first-order chi connectivity index (χ1) is 13.1. The quantitative estimate of drug-likeness (QED) is 0.645. The standard InChI is InChI=1S/C17H17N5O4S/c23-17-14(27(24,25)22-10-3-4-11-22)7-5-9-21(17)12-15-19-16(20-26-15)13-6-1-2-8-18-13/h1-2,5-9H,3-4,10-12H2. The van der Waals surface area contributed by atoms with E-state index in [1.807, 2.05) is 0 Å². The van der Waals surface area contributed by atoms with E-state index < -0.39 is 15.6 Å². The van der Waals surface area contributed by atoms with Crippen LogP contribution >= 0.6 is 0 Å². The van der Waals surface area contributed by atoms with Crippen LogP contribution in [-0.4, -0.2) is 45.5 Å². The molecular weight excluding hydrogens is 370 g/mol. The van der Waals surface area contributed by atoms with Gasteiger partial charge in [0.15, 0.2) is 0 Å². The zero-order chi connectivity index (χ0) is 18.9. The van der Waals surface area contributed by atoms with Crippen molar-refractivity contribution in [3.8, 4) is 11.5 Å². The number of hydrogen-bond acceptors (Lipinski definition) is 7. The third-order valence-corrected chi connectivity index (χ3v) is 6.25. The average Bonchev–Trinajstić information content (AvgIpc) is 3.36. The number of aromatic nitrogens is 4. The number of nitrogens with zero attached hydrogens (tertiary/aromatic N) is 5. The van der Waals surface area contributed by atoms with Crippen molar-refractivity contribution >= 4 is 10.0 Å². The molecule has 0 spiro atoms. The Morgan fingerprint density at radius 2 is 1.93 bits per heavy atom. The van der Waals surface area contributed by atoms with E-state index in [1.54, 1.807) is 24.4 Å². The van der Waals surface area contributed by atoms with Crippen LogP contribution in [0.3, 0.4) is 0 Å². The molecule has 0 amide bonds. The summed E-state index contributed by atoms with van der Waals surface area (Å²) in [7, 11) is -3.80. The largest absolute Gasteiger partial charge is 0.337 e. The van der Waals surface area contributed by atoms with E-state index in [0.29, 0.717) is 24.6 Å². The van der Waals surface area contributed by atoms with Crippen molar-refractivity contribution < 1.29 is 12.9 Å². The maximum absolute atomic E-state index is 12.7. The number of sulfonamides is 1. The topological polar surface area (TPSA) is 111 Å². The molecule has 0 radical (unpaired) electrons. The Balaban J connectivity index is 1.62. The highest BCUT2D eigenvalue weighted by molar-refractivity contribution is 7.89. The first-order valence-electron chi connectivity index (χ1n) is 8.49. The molecule has 0 bridgehead atoms. The van der Waals surface area contributed by atoms with Gasteiger partial charge in [0.25, 0.3) is 5.56 Å². The Kier molecular flexibility index (Phi) is 4.58. The van der Waals surface area contributed by atoms with Gasteiger partial charge >= 0.3 is 0 Å². The molecule has 4 heterocycles. The highest BCUT2D eigenvalue weighted by Crippen LogP contribution is 2.18. The zero-order valence-corrected chi connectivity index (χ0v) is 15.2. The molecule has 140 valence electrons. The van der Waals surface area contributed by atoms with Crippen molar-refractivity contribution in [2.24, 2.45) is 0 Å². The molecule has 1 saturated heterocycles. The van der Waals surface area contributed by atoms with Crippen LogP contribution in [0.2, 0.25) is 0 Å². The SMILES string of the molecule is O=c1c(S(=O)(=O)N2CCCC2)cccn1Cc1nc(-c2ccccn2)no1. The van der Waals surface area contributed by atoms with Gasteiger partial charge in [-0.05, 0) is 37.1 Å². The van der Waals surface area contributed by atoms with Crippen molar-refractivity contribution in [3.63, 3.8) is 0 Å². The van der Waals surface area contributed by atoms with Crippen molar-refractivity contribution in [2.75, 3.05) is 13.1 Å². The lowest BCUT2D eigenvalue weighted by molar-refractivity contribution is 0.369. The van der Waals surface area contributed by atoms with Gasteiger partial charge in [-0.15, -0.1) is 0 Å². The maximum atomic E-state index is 12.7. The van der Waals surface area contributed by atoms with Crippen LogP contribution in [0.15, 0.2) is 56.9 Å². The molecule has 1 fully saturated rings. The fourth-order valence-corrected chi connectivity index (χ4v) is 4.57. The summed E-state index contributed by atoms with van der Waals surface area (Å²) in [5.41, 5.74) is -0.0628. The second-order valence-corrected chi connectivity index (χ2v) is 8.05. The second-order valence-electron chi connectivity index (χ2n) is 6.14. The van der Waals surface area contributed by atoms with Crippen LogP contribution in [-0.2, 0) is 16.6 Å². The molecule has 0 atom stereocenters. The lowest BCUT2D eigenvalue weighted by atomic mass is 10.3. The van der Waals surface area contributed by atoms with Crippen LogP contribution in [0.1, 0.15) is 18.7 Å². The fraction of sp³-hybridized carbons (Fsp3) is 0.294. The van der Waals surface area contributed by atoms with Crippen LogP contribution in [0.25, 0.3) is 11.5 Å². The lowest BCUT2D eigenvalue weighted by Gasteiger charge is -2.15. The average molecular weight is 387 g/mol. The van der Waals surface area contributed by atoms with Crippen molar-refractivity contribution in [1.82, 2.24) is 24.0 Å². The summed E-state index contributed by atoms with van der Waals surface area (Å²) in [6.45, 7) is 0.851. The number of hydrogen-bond donors (Lipinski definition) is 0. The summed E-state index contributed by atoms with van der Waals surface area (Å²) in [5, 5.41) is 3.86. The smallest absolute Gasteiger partial charge is 0.271 e. The minimum absolute atomic E-state index is 0.0258. The van der Waals surface area contributed by atoms with Gasteiger partial charge in [-0.25, -0.2) is 8.42 Å². The molecule has 0 aromatic carbocycles. The van der Waals surface area contributed by atoms with Gasteiger partial charge in [0.05, 0.1) is 0 Å². The van der Waals surface area contributed by atoms with Crippen LogP contribution in [0.5, 0.6) is 0 Å². The summed E-state index contributed by atoms with van der Waals surface area (Å²) in [5.74, 6) is 0.493. The van der Waals surface area contributed by atoms with E-state index in [1.165, 1.54) is 27.2 Å². The van der Waals surface area contributed by atoms with Gasteiger partial charge in [-0.1, -0.05) is 11.2 Å². The third-order valence-electron chi connectivity index (χ3n) is 4.34. The van der Waals surface area contributed by atoms with E-state index in [0.717, 1.165) is 12.8 Å². The number of rotatable bonds is 5. The predicted octanol–water partition coefficient (Wildman–Crippen LogP) is 1.13. The van der Waals surface area contributed by atoms with Crippen LogP contribution in [0, 0.1) is 0 Å². The summed E-state index contributed by atoms with van der Waals surface area (Å²) in [6.07, 6.45) is 4.72. The fourth-order valence-electron chi connectivity index (χ4n) is 2.97. The normalized spacial score (nSPS) is 15.3. The van der Waals surface area contributed by atoms with Gasteiger partial charge in [0.2, 0.25) is 21.7 Å². The molecule has 10 heteroatoms. The third kappa shape index (κ3) is 3.40. The molecule has 3 aromatic heterocycles. The van der Waals surface area contributed by atoms with Gasteiger partial charge < -0.3 is 9.09 Å². The maximum Gasteiger partial charge on any atom is 0.271 e. The highest BCUT2D eigenvalue weighted by atomic mass is 32.2. The summed E-state index contributed by atoms with van der Waals surface area (Å²) in [6, 6.07) is 8.18. The van der Waals surface area contributed by atoms with Crippen LogP contribution < -0.4 is 5.56 Å². The summed E-state index contributed by atoms with van der Waals surface area (Å²) >= 11 is 0. The molecule has 1 aliphatic heterocycles. The molecule has 3 aromatic rings. The van der Waals surface area contributed by atoms with Crippen molar-refractivity contribution in [3.05, 3.63) is 59.0 Å². The van der Waals surface area contributed by atoms with E-state index in [9.17, 15) is 13.2 Å². The van der Waals surface area contributed by atoms with Gasteiger partial charge in [0, 0.05) is 25.5 Å². The second kappa shape index (κ2) is 7.05. The molecular formula is C17H17N5O4S. The molecule has 0 unspecified atom stereocenters. The highest BCUT2D eigenvalue weighted by Gasteiger charge is 2.30. The Hall–Kier alpha value is -2.85. The summed E-state index contributed by atoms with van der Waals surface area (Å²) in [4.78, 5) is 20.8. The zero-order valence-electron chi connectivity index (χ0n) is 14.4. The Morgan fingerprint density at radius 3 is 2.67 bits per heavy atom. The molecule has 0 aliphatic carbocycles. The molecule has 9 nitrogen and oxygen atoms in total. The first-order valence-corrected chi connectivity index (χ1v) is 9.93. The summed E-state index contributed by atoms with van der Waals surface area (Å²) < 4.78 is 33.2. The minimum Gasteiger partial charge on any atom is -0.337 e. The van der Waals surface area contributed by atoms with E-state index in [2.05, 4.69) is 15.1 Å². The molecule has 4 rings (SSSR count). The molecule has 0 N–H and O–H groups in total. The van der Waals surface area contributed by atoms with Gasteiger partial charge in [0.1, 0.15) is 17.1 Å². The van der Waals surface area contributed by atoms with E-state index in [4.69, 9.17) is 4.52 Å². The van der Waals surface area contributed by atoms with E-state index >= 15 is 0 Å². The van der Waals surface area contributed by atoms with Gasteiger partial charge in [-0.3, -0.25) is 9.78 Å². The molecule has 1 aliphatic rings. The van der Waals surface area contributed by atoms with E-state index in [-0.39, 0.29) is 17.3 Å².